The van der Waals surface area contributed by atoms with Crippen LogP contribution in [0, 0.1) is 18.3 Å². The van der Waals surface area contributed by atoms with Crippen LogP contribution in [-0.2, 0) is 6.54 Å². The number of para-hydroxylation sites is 1. The number of furan rings is 1. The van der Waals surface area contributed by atoms with Gasteiger partial charge in [-0.1, -0.05) is 84.9 Å². The van der Waals surface area contributed by atoms with Crippen molar-refractivity contribution in [2.24, 2.45) is 4.99 Å². The zero-order valence-electron chi connectivity index (χ0n) is 18.9. The fraction of sp³-hybridized carbons (Fsp3) is 0.0667. The van der Waals surface area contributed by atoms with Crippen molar-refractivity contribution in [2.45, 2.75) is 13.5 Å². The van der Waals surface area contributed by atoms with Gasteiger partial charge < -0.3 is 8.98 Å². The molecule has 3 aromatic carbocycles. The Hall–Kier alpha value is -4.62. The second-order valence-corrected chi connectivity index (χ2v) is 8.00. The lowest BCUT2D eigenvalue weighted by Crippen LogP contribution is -1.97. The van der Waals surface area contributed by atoms with Gasteiger partial charge in [-0.25, -0.2) is 4.99 Å². The molecule has 4 heteroatoms. The quantitative estimate of drug-likeness (QED) is 0.200. The van der Waals surface area contributed by atoms with Gasteiger partial charge in [-0.05, 0) is 18.6 Å². The third-order valence-corrected chi connectivity index (χ3v) is 6.00. The van der Waals surface area contributed by atoms with Crippen molar-refractivity contribution < 1.29 is 4.42 Å². The summed E-state index contributed by atoms with van der Waals surface area (Å²) in [6, 6.07) is 30.2. The molecule has 0 radical (unpaired) electrons. The average Bonchev–Trinajstić information content (AvgIpc) is 3.39. The van der Waals surface area contributed by atoms with E-state index in [9.17, 15) is 5.26 Å². The normalized spacial score (nSPS) is 11.2. The maximum atomic E-state index is 10.1. The van der Waals surface area contributed by atoms with Gasteiger partial charge in [-0.2, -0.15) is 5.26 Å². The van der Waals surface area contributed by atoms with Crippen LogP contribution >= 0.6 is 0 Å². The fourth-order valence-corrected chi connectivity index (χ4v) is 4.40. The Morgan fingerprint density at radius 1 is 0.941 bits per heavy atom. The topological polar surface area (TPSA) is 54.2 Å². The van der Waals surface area contributed by atoms with Gasteiger partial charge in [-0.3, -0.25) is 0 Å². The average molecular weight is 442 g/mol. The van der Waals surface area contributed by atoms with Gasteiger partial charge >= 0.3 is 0 Å². The number of benzene rings is 3. The minimum Gasteiger partial charge on any atom is -0.436 e. The molecule has 0 saturated heterocycles. The van der Waals surface area contributed by atoms with Crippen molar-refractivity contribution in [1.29, 1.82) is 5.26 Å². The van der Waals surface area contributed by atoms with Gasteiger partial charge in [0.05, 0.1) is 0 Å². The van der Waals surface area contributed by atoms with Crippen LogP contribution in [0.3, 0.4) is 0 Å². The molecule has 0 aliphatic carbocycles. The molecule has 0 bridgehead atoms. The van der Waals surface area contributed by atoms with E-state index < -0.39 is 0 Å². The molecule has 0 spiro atoms. The van der Waals surface area contributed by atoms with Crippen LogP contribution in [-0.4, -0.2) is 10.8 Å². The molecule has 0 N–H and O–H groups in total. The van der Waals surface area contributed by atoms with Crippen LogP contribution in [0.4, 0.5) is 5.88 Å². The van der Waals surface area contributed by atoms with Crippen molar-refractivity contribution in [1.82, 2.24) is 4.57 Å². The fourth-order valence-electron chi connectivity index (χ4n) is 4.40. The number of allylic oxidation sites excluding steroid dienone is 1. The van der Waals surface area contributed by atoms with Crippen LogP contribution in [0.25, 0.3) is 33.4 Å². The van der Waals surface area contributed by atoms with Crippen molar-refractivity contribution >= 4 is 23.0 Å². The lowest BCUT2D eigenvalue weighted by molar-refractivity contribution is 0.593. The SMILES string of the molecule is C=CCn1c(C)c(C=Nc2oc(-c3ccccc3)c(-c3ccccc3)c2C#N)c2ccccc21. The molecule has 2 heterocycles. The molecule has 2 aromatic heterocycles. The summed E-state index contributed by atoms with van der Waals surface area (Å²) in [6.45, 7) is 6.68. The summed E-state index contributed by atoms with van der Waals surface area (Å²) < 4.78 is 8.47. The third kappa shape index (κ3) is 3.64. The van der Waals surface area contributed by atoms with Crippen molar-refractivity contribution in [3.8, 4) is 28.5 Å². The summed E-state index contributed by atoms with van der Waals surface area (Å²) in [6.07, 6.45) is 3.69. The molecule has 34 heavy (non-hydrogen) atoms. The van der Waals surface area contributed by atoms with Crippen LogP contribution in [0.15, 0.2) is 107 Å². The minimum atomic E-state index is 0.306. The molecule has 0 saturated carbocycles. The lowest BCUT2D eigenvalue weighted by atomic mass is 9.98. The number of nitrogens with zero attached hydrogens (tertiary/aromatic N) is 3. The predicted molar refractivity (Wildman–Crippen MR) is 138 cm³/mol. The van der Waals surface area contributed by atoms with Crippen LogP contribution in [0.2, 0.25) is 0 Å². The zero-order chi connectivity index (χ0) is 23.5. The van der Waals surface area contributed by atoms with E-state index in [0.29, 0.717) is 23.8 Å². The van der Waals surface area contributed by atoms with E-state index in [1.165, 1.54) is 0 Å². The number of nitriles is 1. The first kappa shape index (κ1) is 21.2. The first-order valence-corrected chi connectivity index (χ1v) is 11.1. The number of rotatable bonds is 6. The number of fused-ring (bicyclic) bond motifs is 1. The van der Waals surface area contributed by atoms with Crippen molar-refractivity contribution in [3.63, 3.8) is 0 Å². The van der Waals surface area contributed by atoms with Gasteiger partial charge in [0.1, 0.15) is 17.4 Å². The predicted octanol–water partition coefficient (Wildman–Crippen LogP) is 7.69. The number of aliphatic imine (C=N–C) groups is 1. The molecule has 5 aromatic rings. The summed E-state index contributed by atoms with van der Waals surface area (Å²) >= 11 is 0. The first-order valence-electron chi connectivity index (χ1n) is 11.1. The van der Waals surface area contributed by atoms with E-state index in [2.05, 4.69) is 36.3 Å². The van der Waals surface area contributed by atoms with Crippen molar-refractivity contribution in [3.05, 3.63) is 114 Å². The summed E-state index contributed by atoms with van der Waals surface area (Å²) in [5.74, 6) is 0.946. The van der Waals surface area contributed by atoms with Crippen LogP contribution < -0.4 is 0 Å². The molecule has 0 fully saturated rings. The van der Waals surface area contributed by atoms with E-state index in [4.69, 9.17) is 9.41 Å². The summed E-state index contributed by atoms with van der Waals surface area (Å²) in [7, 11) is 0. The second kappa shape index (κ2) is 9.09. The molecule has 164 valence electrons. The highest BCUT2D eigenvalue weighted by atomic mass is 16.4. The van der Waals surface area contributed by atoms with E-state index in [0.717, 1.165) is 38.9 Å². The van der Waals surface area contributed by atoms with Crippen molar-refractivity contribution in [2.75, 3.05) is 0 Å². The van der Waals surface area contributed by atoms with E-state index >= 15 is 0 Å². The molecule has 0 atom stereocenters. The maximum Gasteiger partial charge on any atom is 0.238 e. The van der Waals surface area contributed by atoms with Crippen LogP contribution in [0.5, 0.6) is 0 Å². The maximum absolute atomic E-state index is 10.1. The third-order valence-electron chi connectivity index (χ3n) is 6.00. The highest BCUT2D eigenvalue weighted by molar-refractivity contribution is 6.02. The Bertz CT molecular complexity index is 1550. The molecule has 0 aliphatic heterocycles. The number of hydrogen-bond donors (Lipinski definition) is 0. The van der Waals surface area contributed by atoms with Gasteiger partial charge in [0.15, 0.2) is 0 Å². The minimum absolute atomic E-state index is 0.306. The Labute approximate surface area is 198 Å². The van der Waals surface area contributed by atoms with Gasteiger partial charge in [0.25, 0.3) is 0 Å². The Morgan fingerprint density at radius 3 is 2.26 bits per heavy atom. The highest BCUT2D eigenvalue weighted by Gasteiger charge is 2.23. The largest absolute Gasteiger partial charge is 0.436 e. The van der Waals surface area contributed by atoms with Gasteiger partial charge in [-0.15, -0.1) is 6.58 Å². The smallest absolute Gasteiger partial charge is 0.238 e. The number of hydrogen-bond acceptors (Lipinski definition) is 3. The Morgan fingerprint density at radius 2 is 1.59 bits per heavy atom. The number of aromatic nitrogens is 1. The second-order valence-electron chi connectivity index (χ2n) is 8.00. The molecule has 4 nitrogen and oxygen atoms in total. The van der Waals surface area contributed by atoms with E-state index in [1.54, 1.807) is 6.21 Å². The van der Waals surface area contributed by atoms with Gasteiger partial charge in [0, 0.05) is 46.0 Å². The molecule has 0 unspecified atom stereocenters. The van der Waals surface area contributed by atoms with E-state index in [1.807, 2.05) is 78.9 Å². The lowest BCUT2D eigenvalue weighted by Gasteiger charge is -2.03. The van der Waals surface area contributed by atoms with Crippen LogP contribution in [0.1, 0.15) is 16.8 Å². The molecule has 5 rings (SSSR count). The molecule has 0 amide bonds. The standard InChI is InChI=1S/C30H23N3O/c1-3-18-33-21(2)26(24-16-10-11-17-27(24)33)20-32-30-25(19-31)28(22-12-6-4-7-13-22)29(34-30)23-14-8-5-9-15-23/h3-17,20H,1,18H2,2H3. The molecular formula is C30H23N3O. The summed E-state index contributed by atoms with van der Waals surface area (Å²) in [4.78, 5) is 4.71. The Balaban J connectivity index is 1.70. The monoisotopic (exact) mass is 441 g/mol. The summed E-state index contributed by atoms with van der Waals surface area (Å²) in [5, 5.41) is 11.2. The zero-order valence-corrected chi connectivity index (χ0v) is 18.9. The van der Waals surface area contributed by atoms with E-state index in [-0.39, 0.29) is 0 Å². The highest BCUT2D eigenvalue weighted by Crippen LogP contribution is 2.42. The first-order chi connectivity index (χ1) is 16.7. The molecular weight excluding hydrogens is 418 g/mol. The molecule has 0 aliphatic rings. The Kier molecular flexibility index (Phi) is 5.68. The summed E-state index contributed by atoms with van der Waals surface area (Å²) in [5.41, 5.74) is 6.21. The van der Waals surface area contributed by atoms with Gasteiger partial charge in [0.2, 0.25) is 5.88 Å².